The summed E-state index contributed by atoms with van der Waals surface area (Å²) in [5, 5.41) is 23.3. The van der Waals surface area contributed by atoms with Gasteiger partial charge in [0.15, 0.2) is 5.82 Å². The number of fused-ring (bicyclic) bond motifs is 1. The van der Waals surface area contributed by atoms with Crippen molar-refractivity contribution in [2.45, 2.75) is 16.8 Å². The lowest BCUT2D eigenvalue weighted by Crippen LogP contribution is -2.27. The molecule has 4 rings (SSSR count). The molecule has 0 bridgehead atoms. The van der Waals surface area contributed by atoms with Crippen LogP contribution in [0.1, 0.15) is 12.0 Å². The highest BCUT2D eigenvalue weighted by atomic mass is 35.5. The highest BCUT2D eigenvalue weighted by Gasteiger charge is 2.31. The van der Waals surface area contributed by atoms with E-state index in [0.29, 0.717) is 27.5 Å². The predicted octanol–water partition coefficient (Wildman–Crippen LogP) is 3.81. The standard InChI is InChI=1S/C19H15ClN4O3S/c1-27-14-5-3-2-4-13(14)18-21-22-19-24(18)23-17(15(28-19)10-16(25)26)11-6-8-12(20)9-7-11/h2-9,15H,10H2,1H3,(H,25,26)/t15-/m0/s1. The van der Waals surface area contributed by atoms with Crippen molar-refractivity contribution in [3.8, 4) is 17.1 Å². The summed E-state index contributed by atoms with van der Waals surface area (Å²) in [6.07, 6.45) is -0.0804. The molecule has 9 heteroatoms. The molecule has 2 heterocycles. The Hall–Kier alpha value is -2.84. The number of carbonyl (C=O) groups is 1. The molecule has 1 aromatic heterocycles. The fourth-order valence-electron chi connectivity index (χ4n) is 2.94. The maximum atomic E-state index is 11.4. The van der Waals surface area contributed by atoms with Crippen molar-refractivity contribution < 1.29 is 14.6 Å². The van der Waals surface area contributed by atoms with Crippen molar-refractivity contribution in [3.63, 3.8) is 0 Å². The molecular weight excluding hydrogens is 400 g/mol. The smallest absolute Gasteiger partial charge is 0.304 e. The van der Waals surface area contributed by atoms with Crippen LogP contribution in [0.5, 0.6) is 5.75 Å². The summed E-state index contributed by atoms with van der Waals surface area (Å²) in [5.41, 5.74) is 2.18. The molecule has 0 saturated carbocycles. The van der Waals surface area contributed by atoms with Crippen LogP contribution in [0.15, 0.2) is 58.8 Å². The van der Waals surface area contributed by atoms with Crippen LogP contribution in [0.25, 0.3) is 11.4 Å². The summed E-state index contributed by atoms with van der Waals surface area (Å²) in [7, 11) is 1.59. The second-order valence-electron chi connectivity index (χ2n) is 6.01. The Labute approximate surface area is 170 Å². The topological polar surface area (TPSA) is 89.6 Å². The van der Waals surface area contributed by atoms with Gasteiger partial charge in [-0.3, -0.25) is 4.79 Å². The van der Waals surface area contributed by atoms with Crippen LogP contribution in [0, 0.1) is 0 Å². The lowest BCUT2D eigenvalue weighted by atomic mass is 10.1. The van der Waals surface area contributed by atoms with Gasteiger partial charge in [0.1, 0.15) is 5.75 Å². The van der Waals surface area contributed by atoms with Crippen molar-refractivity contribution in [1.29, 1.82) is 0 Å². The van der Waals surface area contributed by atoms with Gasteiger partial charge in [-0.05, 0) is 29.8 Å². The first-order valence-electron chi connectivity index (χ1n) is 8.39. The van der Waals surface area contributed by atoms with Crippen molar-refractivity contribution >= 4 is 35.0 Å². The second-order valence-corrected chi connectivity index (χ2v) is 7.62. The Balaban J connectivity index is 1.85. The molecule has 0 unspecified atom stereocenters. The predicted molar refractivity (Wildman–Crippen MR) is 107 cm³/mol. The summed E-state index contributed by atoms with van der Waals surface area (Å²) in [6.45, 7) is 0. The quantitative estimate of drug-likeness (QED) is 0.682. The Kier molecular flexibility index (Phi) is 5.06. The number of hydrogen-bond acceptors (Lipinski definition) is 6. The van der Waals surface area contributed by atoms with E-state index in [9.17, 15) is 9.90 Å². The molecule has 0 aliphatic carbocycles. The third-order valence-electron chi connectivity index (χ3n) is 4.22. The Morgan fingerprint density at radius 1 is 1.21 bits per heavy atom. The van der Waals surface area contributed by atoms with Gasteiger partial charge >= 0.3 is 5.97 Å². The van der Waals surface area contributed by atoms with Crippen LogP contribution in [0.3, 0.4) is 0 Å². The maximum Gasteiger partial charge on any atom is 0.304 e. The van der Waals surface area contributed by atoms with Gasteiger partial charge in [-0.15, -0.1) is 10.2 Å². The van der Waals surface area contributed by atoms with E-state index < -0.39 is 5.97 Å². The number of aliphatic carboxylic acids is 1. The van der Waals surface area contributed by atoms with Gasteiger partial charge in [0.05, 0.1) is 30.1 Å². The number of para-hydroxylation sites is 1. The molecule has 0 saturated heterocycles. The van der Waals surface area contributed by atoms with Crippen LogP contribution in [0.4, 0.5) is 0 Å². The van der Waals surface area contributed by atoms with Crippen molar-refractivity contribution in [3.05, 3.63) is 59.1 Å². The molecule has 1 N–H and O–H groups in total. The minimum Gasteiger partial charge on any atom is -0.496 e. The molecule has 1 aliphatic rings. The van der Waals surface area contributed by atoms with Gasteiger partial charge in [-0.2, -0.15) is 9.78 Å². The molecule has 0 amide bonds. The number of rotatable bonds is 5. The third-order valence-corrected chi connectivity index (χ3v) is 5.61. The number of benzene rings is 2. The second kappa shape index (κ2) is 7.65. The number of halogens is 1. The van der Waals surface area contributed by atoms with E-state index in [1.54, 1.807) is 23.9 Å². The number of ether oxygens (including phenoxy) is 1. The molecule has 0 radical (unpaired) electrons. The molecule has 142 valence electrons. The molecule has 28 heavy (non-hydrogen) atoms. The van der Waals surface area contributed by atoms with E-state index in [4.69, 9.17) is 21.4 Å². The number of carboxylic acids is 1. The Bertz CT molecular complexity index is 1070. The lowest BCUT2D eigenvalue weighted by Gasteiger charge is -2.22. The minimum absolute atomic E-state index is 0.0804. The summed E-state index contributed by atoms with van der Waals surface area (Å²) in [5.74, 6) is 0.274. The van der Waals surface area contributed by atoms with E-state index in [1.807, 2.05) is 36.4 Å². The number of thioether (sulfide) groups is 1. The number of nitrogens with zero attached hydrogens (tertiary/aromatic N) is 4. The highest BCUT2D eigenvalue weighted by Crippen LogP contribution is 2.36. The van der Waals surface area contributed by atoms with Gasteiger partial charge in [0.2, 0.25) is 5.16 Å². The van der Waals surface area contributed by atoms with Crippen LogP contribution in [0.2, 0.25) is 5.02 Å². The van der Waals surface area contributed by atoms with E-state index >= 15 is 0 Å². The summed E-state index contributed by atoms with van der Waals surface area (Å²) in [4.78, 5) is 11.4. The number of aromatic nitrogens is 3. The average molecular weight is 415 g/mol. The Morgan fingerprint density at radius 3 is 2.68 bits per heavy atom. The first-order chi connectivity index (χ1) is 13.6. The zero-order chi connectivity index (χ0) is 19.7. The van der Waals surface area contributed by atoms with Gasteiger partial charge in [0, 0.05) is 5.02 Å². The third kappa shape index (κ3) is 3.48. The molecule has 0 fully saturated rings. The highest BCUT2D eigenvalue weighted by molar-refractivity contribution is 8.00. The van der Waals surface area contributed by atoms with Crippen molar-refractivity contribution in [1.82, 2.24) is 14.9 Å². The van der Waals surface area contributed by atoms with Gasteiger partial charge in [0.25, 0.3) is 0 Å². The summed E-state index contributed by atoms with van der Waals surface area (Å²) in [6, 6.07) is 14.6. The molecule has 0 spiro atoms. The van der Waals surface area contributed by atoms with Crippen molar-refractivity contribution in [2.75, 3.05) is 7.11 Å². The molecular formula is C19H15ClN4O3S. The van der Waals surface area contributed by atoms with E-state index in [1.165, 1.54) is 11.8 Å². The van der Waals surface area contributed by atoms with Gasteiger partial charge < -0.3 is 9.84 Å². The number of hydrogen-bond donors (Lipinski definition) is 1. The van der Waals surface area contributed by atoms with Gasteiger partial charge in [-0.25, -0.2) is 0 Å². The number of methoxy groups -OCH3 is 1. The van der Waals surface area contributed by atoms with E-state index in [2.05, 4.69) is 10.2 Å². The average Bonchev–Trinajstić information content (AvgIpc) is 3.10. The molecule has 2 aromatic carbocycles. The summed E-state index contributed by atoms with van der Waals surface area (Å²) >= 11 is 7.32. The normalized spacial score (nSPS) is 15.6. The monoisotopic (exact) mass is 414 g/mol. The molecule has 1 aliphatic heterocycles. The minimum atomic E-state index is -0.905. The SMILES string of the molecule is COc1ccccc1-c1nnc2n1N=C(c1ccc(Cl)cc1)[C@H](CC(=O)O)S2. The Morgan fingerprint density at radius 2 is 1.96 bits per heavy atom. The zero-order valence-corrected chi connectivity index (χ0v) is 16.3. The molecule has 3 aromatic rings. The maximum absolute atomic E-state index is 11.4. The fourth-order valence-corrected chi connectivity index (χ4v) is 4.16. The van der Waals surface area contributed by atoms with Gasteiger partial charge in [-0.1, -0.05) is 47.6 Å². The molecule has 1 atom stereocenters. The van der Waals surface area contributed by atoms with Crippen LogP contribution in [-0.2, 0) is 4.79 Å². The first kappa shape index (κ1) is 18.5. The van der Waals surface area contributed by atoms with Crippen LogP contribution >= 0.6 is 23.4 Å². The number of carboxylic acid groups (broad SMARTS) is 1. The lowest BCUT2D eigenvalue weighted by molar-refractivity contribution is -0.136. The van der Waals surface area contributed by atoms with E-state index in [0.717, 1.165) is 11.1 Å². The van der Waals surface area contributed by atoms with Crippen molar-refractivity contribution in [2.24, 2.45) is 5.10 Å². The van der Waals surface area contributed by atoms with Crippen LogP contribution in [-0.4, -0.2) is 44.0 Å². The van der Waals surface area contributed by atoms with E-state index in [-0.39, 0.29) is 11.7 Å². The summed E-state index contributed by atoms with van der Waals surface area (Å²) < 4.78 is 7.06. The van der Waals surface area contributed by atoms with Crippen LogP contribution < -0.4 is 4.74 Å². The first-order valence-corrected chi connectivity index (χ1v) is 9.64. The zero-order valence-electron chi connectivity index (χ0n) is 14.7. The fraction of sp³-hybridized carbons (Fsp3) is 0.158. The largest absolute Gasteiger partial charge is 0.496 e. The molecule has 7 nitrogen and oxygen atoms in total.